The summed E-state index contributed by atoms with van der Waals surface area (Å²) in [6.07, 6.45) is 2.17. The van der Waals surface area contributed by atoms with E-state index in [0.717, 1.165) is 10.5 Å². The van der Waals surface area contributed by atoms with Crippen molar-refractivity contribution >= 4 is 34.0 Å². The smallest absolute Gasteiger partial charge is 0.324 e. The molecule has 0 aromatic heterocycles. The second-order valence-electron chi connectivity index (χ2n) is 6.82. The van der Waals surface area contributed by atoms with E-state index in [1.807, 2.05) is 18.2 Å². The van der Waals surface area contributed by atoms with Crippen molar-refractivity contribution in [2.45, 2.75) is 12.8 Å². The van der Waals surface area contributed by atoms with Crippen molar-refractivity contribution in [2.24, 2.45) is 5.92 Å². The maximum atomic E-state index is 12.5. The van der Waals surface area contributed by atoms with Crippen LogP contribution in [0.1, 0.15) is 18.4 Å². The zero-order valence-corrected chi connectivity index (χ0v) is 16.6. The second-order valence-corrected chi connectivity index (χ2v) is 8.64. The highest BCUT2D eigenvalue weighted by atomic mass is 32.2. The quantitative estimate of drug-likeness (QED) is 0.680. The first-order valence-electron chi connectivity index (χ1n) is 9.35. The molecule has 3 amide bonds. The Morgan fingerprint density at radius 1 is 1.14 bits per heavy atom. The number of sulfonamides is 1. The normalized spacial score (nSPS) is 18.8. The number of hydrogen-bond acceptors (Lipinski definition) is 6. The predicted molar refractivity (Wildman–Crippen MR) is 105 cm³/mol. The number of amides is 3. The van der Waals surface area contributed by atoms with Crippen molar-refractivity contribution in [3.8, 4) is 0 Å². The molecule has 0 bridgehead atoms. The van der Waals surface area contributed by atoms with Gasteiger partial charge in [0.2, 0.25) is 10.0 Å². The van der Waals surface area contributed by atoms with Crippen molar-refractivity contribution in [1.29, 1.82) is 0 Å². The molecule has 0 unspecified atom stereocenters. The molecule has 2 saturated heterocycles. The van der Waals surface area contributed by atoms with Gasteiger partial charge in [-0.2, -0.15) is 4.31 Å². The molecule has 2 heterocycles. The molecule has 3 rings (SSSR count). The van der Waals surface area contributed by atoms with Crippen LogP contribution >= 0.6 is 0 Å². The van der Waals surface area contributed by atoms with Crippen LogP contribution in [0.25, 0.3) is 6.08 Å². The van der Waals surface area contributed by atoms with Crippen molar-refractivity contribution in [1.82, 2.24) is 14.5 Å². The van der Waals surface area contributed by atoms with Crippen LogP contribution in [0.2, 0.25) is 0 Å². The molecule has 0 spiro atoms. The lowest BCUT2D eigenvalue weighted by molar-refractivity contribution is -0.155. The van der Waals surface area contributed by atoms with Crippen LogP contribution in [0, 0.1) is 5.92 Å². The van der Waals surface area contributed by atoms with Crippen LogP contribution in [0.5, 0.6) is 0 Å². The van der Waals surface area contributed by atoms with Crippen molar-refractivity contribution in [2.75, 3.05) is 32.8 Å². The summed E-state index contributed by atoms with van der Waals surface area (Å²) >= 11 is 0. The number of imide groups is 1. The van der Waals surface area contributed by atoms with Crippen molar-refractivity contribution in [3.05, 3.63) is 41.3 Å². The number of nitrogens with zero attached hydrogens (tertiary/aromatic N) is 2. The number of hydrogen-bond donors (Lipinski definition) is 1. The Balaban J connectivity index is 1.46. The molecule has 0 radical (unpaired) electrons. The number of piperidine rings is 1. The third-order valence-electron chi connectivity index (χ3n) is 4.87. The maximum absolute atomic E-state index is 12.5. The molecule has 2 aliphatic rings. The standard InChI is InChI=1S/C19H23N3O6S/c23-17(22-12-9-20-19(22)25)14-28-18(24)16-6-10-21(11-7-16)29(26,27)13-8-15-4-2-1-3-5-15/h1-5,8,13,16H,6-7,9-12,14H2,(H,20,25)/b13-8+. The molecule has 9 nitrogen and oxygen atoms in total. The van der Waals surface area contributed by atoms with Gasteiger partial charge in [-0.05, 0) is 24.5 Å². The minimum Gasteiger partial charge on any atom is -0.455 e. The molecule has 10 heteroatoms. The molecule has 0 aliphatic carbocycles. The van der Waals surface area contributed by atoms with Crippen LogP contribution in [0.15, 0.2) is 35.7 Å². The van der Waals surface area contributed by atoms with E-state index in [0.29, 0.717) is 19.4 Å². The number of urea groups is 1. The number of ether oxygens (including phenoxy) is 1. The SMILES string of the molecule is O=C(OCC(=O)N1CCNC1=O)C1CCN(S(=O)(=O)/C=C/c2ccccc2)CC1. The minimum absolute atomic E-state index is 0.198. The topological polar surface area (TPSA) is 113 Å². The summed E-state index contributed by atoms with van der Waals surface area (Å²) in [5, 5.41) is 3.67. The van der Waals surface area contributed by atoms with Crippen molar-refractivity contribution < 1.29 is 27.5 Å². The van der Waals surface area contributed by atoms with Crippen LogP contribution in [-0.2, 0) is 24.3 Å². The van der Waals surface area contributed by atoms with Gasteiger partial charge in [0, 0.05) is 31.6 Å². The van der Waals surface area contributed by atoms with Gasteiger partial charge in [0.25, 0.3) is 5.91 Å². The molecule has 156 valence electrons. The van der Waals surface area contributed by atoms with Gasteiger partial charge in [-0.15, -0.1) is 0 Å². The molecule has 29 heavy (non-hydrogen) atoms. The molecule has 0 atom stereocenters. The number of carbonyl (C=O) groups excluding carboxylic acids is 3. The largest absolute Gasteiger partial charge is 0.455 e. The summed E-state index contributed by atoms with van der Waals surface area (Å²) in [6, 6.07) is 8.62. The van der Waals surface area contributed by atoms with Gasteiger partial charge < -0.3 is 10.1 Å². The van der Waals surface area contributed by atoms with E-state index in [1.54, 1.807) is 12.1 Å². The Labute approximate surface area is 169 Å². The number of rotatable bonds is 6. The Morgan fingerprint density at radius 2 is 1.83 bits per heavy atom. The van der Waals surface area contributed by atoms with Crippen LogP contribution in [-0.4, -0.2) is 68.3 Å². The molecule has 1 aromatic carbocycles. The molecule has 1 N–H and O–H groups in total. The average Bonchev–Trinajstić information content (AvgIpc) is 3.17. The van der Waals surface area contributed by atoms with Crippen LogP contribution < -0.4 is 5.32 Å². The summed E-state index contributed by atoms with van der Waals surface area (Å²) in [7, 11) is -3.58. The number of nitrogens with one attached hydrogen (secondary N) is 1. The van der Waals surface area contributed by atoms with E-state index >= 15 is 0 Å². The Morgan fingerprint density at radius 3 is 2.45 bits per heavy atom. The first-order valence-corrected chi connectivity index (χ1v) is 10.9. The van der Waals surface area contributed by atoms with E-state index < -0.39 is 40.5 Å². The van der Waals surface area contributed by atoms with Gasteiger partial charge >= 0.3 is 12.0 Å². The van der Waals surface area contributed by atoms with Gasteiger partial charge in [0.05, 0.1) is 5.92 Å². The van der Waals surface area contributed by atoms with E-state index in [2.05, 4.69) is 5.32 Å². The number of carbonyl (C=O) groups is 3. The zero-order valence-electron chi connectivity index (χ0n) is 15.8. The highest BCUT2D eigenvalue weighted by Crippen LogP contribution is 2.22. The molecular weight excluding hydrogens is 398 g/mol. The summed E-state index contributed by atoms with van der Waals surface area (Å²) in [5.74, 6) is -1.59. The predicted octanol–water partition coefficient (Wildman–Crippen LogP) is 0.794. The van der Waals surface area contributed by atoms with Gasteiger partial charge in [0.1, 0.15) is 0 Å². The fourth-order valence-electron chi connectivity index (χ4n) is 3.20. The van der Waals surface area contributed by atoms with Crippen molar-refractivity contribution in [3.63, 3.8) is 0 Å². The average molecular weight is 421 g/mol. The zero-order chi connectivity index (χ0) is 20.9. The summed E-state index contributed by atoms with van der Waals surface area (Å²) in [6.45, 7) is 0.532. The number of benzene rings is 1. The van der Waals surface area contributed by atoms with E-state index in [9.17, 15) is 22.8 Å². The maximum Gasteiger partial charge on any atom is 0.324 e. The molecule has 2 fully saturated rings. The van der Waals surface area contributed by atoms with Crippen LogP contribution in [0.4, 0.5) is 4.79 Å². The lowest BCUT2D eigenvalue weighted by atomic mass is 9.98. The van der Waals surface area contributed by atoms with E-state index in [1.165, 1.54) is 15.8 Å². The van der Waals surface area contributed by atoms with Gasteiger partial charge in [-0.1, -0.05) is 30.3 Å². The second kappa shape index (κ2) is 9.19. The Kier molecular flexibility index (Phi) is 6.65. The minimum atomic E-state index is -3.58. The molecule has 0 saturated carbocycles. The first-order chi connectivity index (χ1) is 13.9. The third-order valence-corrected chi connectivity index (χ3v) is 6.44. The molecular formula is C19H23N3O6S. The number of esters is 1. The van der Waals surface area contributed by atoms with E-state index in [4.69, 9.17) is 4.74 Å². The monoisotopic (exact) mass is 421 g/mol. The Hall–Kier alpha value is -2.72. The fraction of sp³-hybridized carbons (Fsp3) is 0.421. The fourth-order valence-corrected chi connectivity index (χ4v) is 4.42. The van der Waals surface area contributed by atoms with Crippen LogP contribution in [0.3, 0.4) is 0 Å². The third kappa shape index (κ3) is 5.42. The van der Waals surface area contributed by atoms with Gasteiger partial charge in [-0.25, -0.2) is 13.2 Å². The van der Waals surface area contributed by atoms with Gasteiger partial charge in [0.15, 0.2) is 6.61 Å². The summed E-state index contributed by atoms with van der Waals surface area (Å²) in [4.78, 5) is 36.5. The first kappa shape index (κ1) is 21.0. The summed E-state index contributed by atoms with van der Waals surface area (Å²) < 4.78 is 31.3. The summed E-state index contributed by atoms with van der Waals surface area (Å²) in [5.41, 5.74) is 0.783. The molecule has 1 aromatic rings. The lowest BCUT2D eigenvalue weighted by Crippen LogP contribution is -2.41. The van der Waals surface area contributed by atoms with Gasteiger partial charge in [-0.3, -0.25) is 14.5 Å². The lowest BCUT2D eigenvalue weighted by Gasteiger charge is -2.29. The molecule has 2 aliphatic heterocycles. The highest BCUT2D eigenvalue weighted by molar-refractivity contribution is 7.92. The Bertz CT molecular complexity index is 892. The highest BCUT2D eigenvalue weighted by Gasteiger charge is 2.32. The van der Waals surface area contributed by atoms with E-state index in [-0.39, 0.29) is 19.6 Å².